The molecular formula is C13H18N4. The summed E-state index contributed by atoms with van der Waals surface area (Å²) in [5.74, 6) is 0.606. The molecule has 0 radical (unpaired) electrons. The molecule has 1 aliphatic rings. The van der Waals surface area contributed by atoms with E-state index in [9.17, 15) is 0 Å². The molecule has 2 aromatic heterocycles. The number of piperidine rings is 1. The molecule has 0 spiro atoms. The molecule has 2 N–H and O–H groups in total. The Morgan fingerprint density at radius 2 is 2.41 bits per heavy atom. The van der Waals surface area contributed by atoms with Crippen LogP contribution in [0.1, 0.15) is 24.5 Å². The smallest absolute Gasteiger partial charge is 0.0941 e. The Balaban J connectivity index is 1.90. The van der Waals surface area contributed by atoms with Gasteiger partial charge >= 0.3 is 0 Å². The fourth-order valence-corrected chi connectivity index (χ4v) is 2.59. The number of nitrogens with zero attached hydrogens (tertiary/aromatic N) is 2. The van der Waals surface area contributed by atoms with Crippen LogP contribution in [0.25, 0.3) is 11.3 Å². The van der Waals surface area contributed by atoms with Gasteiger partial charge in [0.05, 0.1) is 5.69 Å². The van der Waals surface area contributed by atoms with E-state index in [1.165, 1.54) is 18.5 Å². The highest BCUT2D eigenvalue weighted by atomic mass is 15.3. The van der Waals surface area contributed by atoms with Crippen molar-refractivity contribution in [1.82, 2.24) is 20.1 Å². The maximum Gasteiger partial charge on any atom is 0.0941 e. The summed E-state index contributed by atoms with van der Waals surface area (Å²) in [6, 6.07) is 4.28. The number of nitrogens with one attached hydrogen (secondary N) is 2. The van der Waals surface area contributed by atoms with Gasteiger partial charge in [0.1, 0.15) is 0 Å². The van der Waals surface area contributed by atoms with Crippen molar-refractivity contribution in [1.29, 1.82) is 0 Å². The molecule has 2 aromatic rings. The molecule has 90 valence electrons. The average Bonchev–Trinajstić information content (AvgIpc) is 2.99. The van der Waals surface area contributed by atoms with E-state index in [2.05, 4.69) is 27.5 Å². The minimum atomic E-state index is 0.606. The van der Waals surface area contributed by atoms with Crippen LogP contribution in [-0.2, 0) is 7.05 Å². The molecular weight excluding hydrogens is 212 g/mol. The maximum absolute atomic E-state index is 4.60. The van der Waals surface area contributed by atoms with Gasteiger partial charge in [0.2, 0.25) is 0 Å². The molecule has 0 bridgehead atoms. The molecule has 3 heterocycles. The van der Waals surface area contributed by atoms with Crippen molar-refractivity contribution in [3.8, 4) is 11.3 Å². The molecule has 1 saturated heterocycles. The van der Waals surface area contributed by atoms with Gasteiger partial charge in [-0.15, -0.1) is 0 Å². The molecule has 1 atom stereocenters. The predicted molar refractivity (Wildman–Crippen MR) is 67.8 cm³/mol. The van der Waals surface area contributed by atoms with Crippen molar-refractivity contribution in [3.05, 3.63) is 30.2 Å². The monoisotopic (exact) mass is 230 g/mol. The van der Waals surface area contributed by atoms with Gasteiger partial charge < -0.3 is 10.3 Å². The molecule has 1 aliphatic heterocycles. The lowest BCUT2D eigenvalue weighted by atomic mass is 9.95. The second-order valence-corrected chi connectivity index (χ2v) is 4.72. The van der Waals surface area contributed by atoms with Crippen LogP contribution in [0.5, 0.6) is 0 Å². The molecule has 0 saturated carbocycles. The van der Waals surface area contributed by atoms with Gasteiger partial charge in [-0.3, -0.25) is 4.68 Å². The Bertz CT molecular complexity index is 477. The molecule has 0 aliphatic carbocycles. The Morgan fingerprint density at radius 3 is 3.12 bits per heavy atom. The van der Waals surface area contributed by atoms with Crippen LogP contribution in [-0.4, -0.2) is 27.9 Å². The molecule has 4 nitrogen and oxygen atoms in total. The second-order valence-electron chi connectivity index (χ2n) is 4.72. The van der Waals surface area contributed by atoms with E-state index in [4.69, 9.17) is 0 Å². The zero-order valence-electron chi connectivity index (χ0n) is 10.1. The number of aromatic amines is 1. The first kappa shape index (κ1) is 10.6. The summed E-state index contributed by atoms with van der Waals surface area (Å²) in [5.41, 5.74) is 3.57. The zero-order valence-corrected chi connectivity index (χ0v) is 10.1. The molecule has 4 heteroatoms. The van der Waals surface area contributed by atoms with Crippen LogP contribution in [0.4, 0.5) is 0 Å². The van der Waals surface area contributed by atoms with Crippen LogP contribution in [0.2, 0.25) is 0 Å². The molecule has 1 fully saturated rings. The second kappa shape index (κ2) is 4.37. The topological polar surface area (TPSA) is 45.6 Å². The fraction of sp³-hybridized carbons (Fsp3) is 0.462. The van der Waals surface area contributed by atoms with Crippen molar-refractivity contribution in [2.75, 3.05) is 13.1 Å². The van der Waals surface area contributed by atoms with Crippen molar-refractivity contribution in [2.24, 2.45) is 7.05 Å². The number of aromatic nitrogens is 3. The average molecular weight is 230 g/mol. The Hall–Kier alpha value is -1.55. The Morgan fingerprint density at radius 1 is 1.47 bits per heavy atom. The minimum absolute atomic E-state index is 0.606. The number of aryl methyl sites for hydroxylation is 1. The van der Waals surface area contributed by atoms with E-state index in [1.807, 2.05) is 24.1 Å². The Labute approximate surface area is 101 Å². The SMILES string of the molecule is Cn1nc(-c2cc[nH]c2)cc1C1CCCNC1. The van der Waals surface area contributed by atoms with E-state index < -0.39 is 0 Å². The van der Waals surface area contributed by atoms with Crippen LogP contribution >= 0.6 is 0 Å². The van der Waals surface area contributed by atoms with Gasteiger partial charge in [0.25, 0.3) is 0 Å². The number of rotatable bonds is 2. The van der Waals surface area contributed by atoms with Crippen molar-refractivity contribution in [2.45, 2.75) is 18.8 Å². The summed E-state index contributed by atoms with van der Waals surface area (Å²) >= 11 is 0. The van der Waals surface area contributed by atoms with Gasteiger partial charge in [-0.05, 0) is 31.5 Å². The van der Waals surface area contributed by atoms with Gasteiger partial charge in [0, 0.05) is 43.2 Å². The number of hydrogen-bond donors (Lipinski definition) is 2. The third-order valence-corrected chi connectivity index (χ3v) is 3.52. The maximum atomic E-state index is 4.60. The van der Waals surface area contributed by atoms with Gasteiger partial charge in [-0.2, -0.15) is 5.10 Å². The first-order valence-corrected chi connectivity index (χ1v) is 6.22. The van der Waals surface area contributed by atoms with Crippen molar-refractivity contribution >= 4 is 0 Å². The lowest BCUT2D eigenvalue weighted by Crippen LogP contribution is -2.29. The van der Waals surface area contributed by atoms with Crippen molar-refractivity contribution in [3.63, 3.8) is 0 Å². The van der Waals surface area contributed by atoms with E-state index in [-0.39, 0.29) is 0 Å². The van der Waals surface area contributed by atoms with E-state index in [1.54, 1.807) is 0 Å². The standard InChI is InChI=1S/C13H18N4/c1-17-13(11-3-2-5-14-9-11)7-12(16-17)10-4-6-15-8-10/h4,6-8,11,14-15H,2-3,5,9H2,1H3. The summed E-state index contributed by atoms with van der Waals surface area (Å²) in [5, 5.41) is 8.05. The van der Waals surface area contributed by atoms with Crippen LogP contribution < -0.4 is 5.32 Å². The summed E-state index contributed by atoms with van der Waals surface area (Å²) in [7, 11) is 2.04. The van der Waals surface area contributed by atoms with Gasteiger partial charge in [-0.1, -0.05) is 0 Å². The highest BCUT2D eigenvalue weighted by Gasteiger charge is 2.19. The quantitative estimate of drug-likeness (QED) is 0.827. The largest absolute Gasteiger partial charge is 0.367 e. The highest BCUT2D eigenvalue weighted by Crippen LogP contribution is 2.26. The minimum Gasteiger partial charge on any atom is -0.367 e. The third kappa shape index (κ3) is 2.00. The predicted octanol–water partition coefficient (Wildman–Crippen LogP) is 1.88. The molecule has 0 amide bonds. The van der Waals surface area contributed by atoms with Crippen molar-refractivity contribution < 1.29 is 0 Å². The van der Waals surface area contributed by atoms with Crippen LogP contribution in [0, 0.1) is 0 Å². The first-order valence-electron chi connectivity index (χ1n) is 6.22. The number of hydrogen-bond acceptors (Lipinski definition) is 2. The normalized spacial score (nSPS) is 20.6. The summed E-state index contributed by atoms with van der Waals surface area (Å²) < 4.78 is 2.03. The lowest BCUT2D eigenvalue weighted by Gasteiger charge is -2.22. The molecule has 3 rings (SSSR count). The molecule has 17 heavy (non-hydrogen) atoms. The fourth-order valence-electron chi connectivity index (χ4n) is 2.59. The van der Waals surface area contributed by atoms with Gasteiger partial charge in [0.15, 0.2) is 0 Å². The summed E-state index contributed by atoms with van der Waals surface area (Å²) in [6.07, 6.45) is 6.45. The summed E-state index contributed by atoms with van der Waals surface area (Å²) in [6.45, 7) is 2.23. The Kier molecular flexibility index (Phi) is 2.73. The lowest BCUT2D eigenvalue weighted by molar-refractivity contribution is 0.441. The van der Waals surface area contributed by atoms with E-state index in [0.29, 0.717) is 5.92 Å². The number of H-pyrrole nitrogens is 1. The van der Waals surface area contributed by atoms with E-state index in [0.717, 1.165) is 24.3 Å². The molecule has 0 aromatic carbocycles. The van der Waals surface area contributed by atoms with Crippen LogP contribution in [0.3, 0.4) is 0 Å². The van der Waals surface area contributed by atoms with Crippen LogP contribution in [0.15, 0.2) is 24.5 Å². The van der Waals surface area contributed by atoms with Gasteiger partial charge in [-0.25, -0.2) is 0 Å². The third-order valence-electron chi connectivity index (χ3n) is 3.52. The van der Waals surface area contributed by atoms with E-state index >= 15 is 0 Å². The zero-order chi connectivity index (χ0) is 11.7. The highest BCUT2D eigenvalue weighted by molar-refractivity contribution is 5.58. The molecule has 1 unspecified atom stereocenters. The summed E-state index contributed by atoms with van der Waals surface area (Å²) in [4.78, 5) is 3.07. The first-order chi connectivity index (χ1) is 8.34.